The van der Waals surface area contributed by atoms with E-state index in [0.717, 1.165) is 0 Å². The monoisotopic (exact) mass is 224 g/mol. The summed E-state index contributed by atoms with van der Waals surface area (Å²) in [6.07, 6.45) is 1.89. The van der Waals surface area contributed by atoms with Crippen molar-refractivity contribution in [2.24, 2.45) is 0 Å². The van der Waals surface area contributed by atoms with E-state index in [1.54, 1.807) is 12.1 Å². The molecule has 2 aromatic heterocycles. The number of nitrogens with zero attached hydrogens (tertiary/aromatic N) is 2. The first-order valence-electron chi connectivity index (χ1n) is 3.99. The van der Waals surface area contributed by atoms with Crippen LogP contribution in [-0.2, 0) is 0 Å². The lowest BCUT2D eigenvalue weighted by Crippen LogP contribution is -2.02. The quantitative estimate of drug-likeness (QED) is 0.785. The highest BCUT2D eigenvalue weighted by Gasteiger charge is 2.17. The molecule has 2 aromatic rings. The van der Waals surface area contributed by atoms with Gasteiger partial charge in [0.25, 0.3) is 0 Å². The van der Waals surface area contributed by atoms with Crippen molar-refractivity contribution < 1.29 is 14.7 Å². The van der Waals surface area contributed by atoms with Crippen LogP contribution in [0.15, 0.2) is 18.3 Å². The van der Waals surface area contributed by atoms with Gasteiger partial charge in [-0.2, -0.15) is 0 Å². The predicted molar refractivity (Wildman–Crippen MR) is 52.5 cm³/mol. The zero-order valence-corrected chi connectivity index (χ0v) is 8.10. The first kappa shape index (κ1) is 9.67. The molecule has 0 saturated heterocycles. The van der Waals surface area contributed by atoms with E-state index in [9.17, 15) is 9.59 Å². The normalized spacial score (nSPS) is 10.5. The third kappa shape index (κ3) is 1.46. The maximum absolute atomic E-state index is 10.8. The van der Waals surface area contributed by atoms with E-state index in [-0.39, 0.29) is 11.4 Å². The van der Waals surface area contributed by atoms with E-state index < -0.39 is 5.97 Å². The first-order chi connectivity index (χ1) is 7.13. The SMILES string of the molecule is O=Cc1c(C(=O)O)nc2ccc(Cl)cn12. The molecule has 0 radical (unpaired) electrons. The van der Waals surface area contributed by atoms with Gasteiger partial charge < -0.3 is 5.11 Å². The van der Waals surface area contributed by atoms with Gasteiger partial charge in [0, 0.05) is 6.20 Å². The number of imidazole rings is 1. The van der Waals surface area contributed by atoms with Crippen LogP contribution in [-0.4, -0.2) is 26.7 Å². The van der Waals surface area contributed by atoms with E-state index >= 15 is 0 Å². The fourth-order valence-electron chi connectivity index (χ4n) is 1.31. The number of hydrogen-bond donors (Lipinski definition) is 1. The molecule has 76 valence electrons. The van der Waals surface area contributed by atoms with Crippen LogP contribution < -0.4 is 0 Å². The molecule has 0 saturated carbocycles. The van der Waals surface area contributed by atoms with Gasteiger partial charge in [0.15, 0.2) is 12.0 Å². The average molecular weight is 225 g/mol. The summed E-state index contributed by atoms with van der Waals surface area (Å²) in [5.74, 6) is -1.24. The molecular formula is C9H5ClN2O3. The minimum atomic E-state index is -1.24. The van der Waals surface area contributed by atoms with Gasteiger partial charge in [0.1, 0.15) is 11.3 Å². The van der Waals surface area contributed by atoms with Crippen molar-refractivity contribution in [1.29, 1.82) is 0 Å². The molecule has 6 heteroatoms. The van der Waals surface area contributed by atoms with E-state index in [0.29, 0.717) is 17.0 Å². The highest BCUT2D eigenvalue weighted by Crippen LogP contribution is 2.15. The fourth-order valence-corrected chi connectivity index (χ4v) is 1.47. The lowest BCUT2D eigenvalue weighted by atomic mass is 10.3. The summed E-state index contributed by atoms with van der Waals surface area (Å²) in [4.78, 5) is 25.3. The molecule has 0 aromatic carbocycles. The molecular weight excluding hydrogens is 220 g/mol. The number of aromatic carboxylic acids is 1. The van der Waals surface area contributed by atoms with E-state index in [1.165, 1.54) is 10.6 Å². The highest BCUT2D eigenvalue weighted by atomic mass is 35.5. The maximum Gasteiger partial charge on any atom is 0.356 e. The minimum Gasteiger partial charge on any atom is -0.476 e. The summed E-state index contributed by atoms with van der Waals surface area (Å²) < 4.78 is 1.35. The van der Waals surface area contributed by atoms with Crippen LogP contribution in [0.2, 0.25) is 5.02 Å². The number of pyridine rings is 1. The van der Waals surface area contributed by atoms with Crippen molar-refractivity contribution in [2.75, 3.05) is 0 Å². The lowest BCUT2D eigenvalue weighted by molar-refractivity contribution is 0.0688. The van der Waals surface area contributed by atoms with Crippen LogP contribution in [0.1, 0.15) is 21.0 Å². The Morgan fingerprint density at radius 1 is 1.53 bits per heavy atom. The Balaban J connectivity index is 2.85. The number of aldehydes is 1. The average Bonchev–Trinajstić information content (AvgIpc) is 2.55. The second kappa shape index (κ2) is 3.36. The Bertz CT molecular complexity index is 562. The molecule has 2 rings (SSSR count). The summed E-state index contributed by atoms with van der Waals surface area (Å²) in [5.41, 5.74) is 0.0890. The van der Waals surface area contributed by atoms with Crippen LogP contribution in [0.25, 0.3) is 5.65 Å². The molecule has 1 N–H and O–H groups in total. The molecule has 0 aliphatic rings. The Labute approximate surface area is 88.9 Å². The van der Waals surface area contributed by atoms with E-state index in [4.69, 9.17) is 16.7 Å². The number of carbonyl (C=O) groups excluding carboxylic acids is 1. The van der Waals surface area contributed by atoms with Gasteiger partial charge in [-0.3, -0.25) is 9.20 Å². The number of aromatic nitrogens is 2. The zero-order chi connectivity index (χ0) is 11.0. The standard InChI is InChI=1S/C9H5ClN2O3/c10-5-1-2-7-11-8(9(14)15)6(4-13)12(7)3-5/h1-4H,(H,14,15). The van der Waals surface area contributed by atoms with Gasteiger partial charge in [0.05, 0.1) is 5.02 Å². The lowest BCUT2D eigenvalue weighted by Gasteiger charge is -1.95. The van der Waals surface area contributed by atoms with Crippen LogP contribution >= 0.6 is 11.6 Å². The van der Waals surface area contributed by atoms with Crippen molar-refractivity contribution in [1.82, 2.24) is 9.38 Å². The molecule has 2 heterocycles. The van der Waals surface area contributed by atoms with Gasteiger partial charge in [-0.1, -0.05) is 11.6 Å². The smallest absolute Gasteiger partial charge is 0.356 e. The number of carboxylic acids is 1. The fraction of sp³-hybridized carbons (Fsp3) is 0. The second-order valence-electron chi connectivity index (χ2n) is 2.84. The third-order valence-corrected chi connectivity index (χ3v) is 2.16. The Morgan fingerprint density at radius 3 is 2.87 bits per heavy atom. The molecule has 15 heavy (non-hydrogen) atoms. The van der Waals surface area contributed by atoms with E-state index in [1.807, 2.05) is 0 Å². The summed E-state index contributed by atoms with van der Waals surface area (Å²) in [6.45, 7) is 0. The molecule has 0 amide bonds. The highest BCUT2D eigenvalue weighted by molar-refractivity contribution is 6.30. The number of halogens is 1. The Kier molecular flexibility index (Phi) is 2.17. The van der Waals surface area contributed by atoms with Crippen molar-refractivity contribution in [2.45, 2.75) is 0 Å². The van der Waals surface area contributed by atoms with E-state index in [2.05, 4.69) is 4.98 Å². The summed E-state index contributed by atoms with van der Waals surface area (Å²) >= 11 is 5.72. The topological polar surface area (TPSA) is 71.7 Å². The number of carboxylic acid groups (broad SMARTS) is 1. The first-order valence-corrected chi connectivity index (χ1v) is 4.37. The number of fused-ring (bicyclic) bond motifs is 1. The Morgan fingerprint density at radius 2 is 2.27 bits per heavy atom. The summed E-state index contributed by atoms with van der Waals surface area (Å²) in [5, 5.41) is 9.20. The van der Waals surface area contributed by atoms with Crippen LogP contribution in [0.3, 0.4) is 0 Å². The molecule has 5 nitrogen and oxygen atoms in total. The predicted octanol–water partition coefficient (Wildman–Crippen LogP) is 1.50. The van der Waals surface area contributed by atoms with Crippen LogP contribution in [0, 0.1) is 0 Å². The molecule has 0 fully saturated rings. The Hall–Kier alpha value is -1.88. The summed E-state index contributed by atoms with van der Waals surface area (Å²) in [6, 6.07) is 3.12. The van der Waals surface area contributed by atoms with Gasteiger partial charge in [0.2, 0.25) is 0 Å². The van der Waals surface area contributed by atoms with Crippen molar-refractivity contribution in [3.8, 4) is 0 Å². The molecule has 0 bridgehead atoms. The molecule has 0 atom stereocenters. The molecule has 0 aliphatic carbocycles. The number of carbonyl (C=O) groups is 2. The largest absolute Gasteiger partial charge is 0.476 e. The van der Waals surface area contributed by atoms with Gasteiger partial charge in [-0.05, 0) is 12.1 Å². The van der Waals surface area contributed by atoms with Gasteiger partial charge in [-0.25, -0.2) is 9.78 Å². The molecule has 0 unspecified atom stereocenters. The second-order valence-corrected chi connectivity index (χ2v) is 3.28. The van der Waals surface area contributed by atoms with Crippen LogP contribution in [0.4, 0.5) is 0 Å². The minimum absolute atomic E-state index is 0.0139. The van der Waals surface area contributed by atoms with Crippen molar-refractivity contribution in [3.63, 3.8) is 0 Å². The van der Waals surface area contributed by atoms with Gasteiger partial charge in [-0.15, -0.1) is 0 Å². The molecule has 0 spiro atoms. The third-order valence-electron chi connectivity index (χ3n) is 1.93. The van der Waals surface area contributed by atoms with Crippen molar-refractivity contribution in [3.05, 3.63) is 34.7 Å². The molecule has 0 aliphatic heterocycles. The number of hydrogen-bond acceptors (Lipinski definition) is 3. The zero-order valence-electron chi connectivity index (χ0n) is 7.35. The maximum atomic E-state index is 10.8. The van der Waals surface area contributed by atoms with Crippen LogP contribution in [0.5, 0.6) is 0 Å². The number of rotatable bonds is 2. The van der Waals surface area contributed by atoms with Crippen molar-refractivity contribution >= 4 is 29.5 Å². The summed E-state index contributed by atoms with van der Waals surface area (Å²) in [7, 11) is 0. The van der Waals surface area contributed by atoms with Gasteiger partial charge >= 0.3 is 5.97 Å².